The van der Waals surface area contributed by atoms with Crippen LogP contribution < -0.4 is 15.8 Å². The lowest BCUT2D eigenvalue weighted by atomic mass is 9.95. The number of aryl methyl sites for hydroxylation is 1. The monoisotopic (exact) mass is 427 g/mol. The van der Waals surface area contributed by atoms with E-state index in [0.29, 0.717) is 28.5 Å². The maximum absolute atomic E-state index is 11.9. The van der Waals surface area contributed by atoms with Crippen LogP contribution in [0.3, 0.4) is 0 Å². The molecule has 0 saturated heterocycles. The van der Waals surface area contributed by atoms with Crippen molar-refractivity contribution in [2.45, 2.75) is 43.0 Å². The number of anilines is 3. The van der Waals surface area contributed by atoms with Crippen molar-refractivity contribution in [3.05, 3.63) is 30.5 Å². The zero-order chi connectivity index (χ0) is 21.1. The first-order valence-corrected chi connectivity index (χ1v) is 11.6. The number of hydrogen-bond acceptors (Lipinski definition) is 8. The summed E-state index contributed by atoms with van der Waals surface area (Å²) in [4.78, 5) is 9.61. The van der Waals surface area contributed by atoms with Gasteiger partial charge in [-0.2, -0.15) is 4.98 Å². The molecular weight excluding hydrogens is 402 g/mol. The van der Waals surface area contributed by atoms with E-state index in [2.05, 4.69) is 37.0 Å². The molecule has 0 radical (unpaired) electrons. The number of aromatic nitrogens is 6. The topological polar surface area (TPSA) is 137 Å². The highest BCUT2D eigenvalue weighted by molar-refractivity contribution is 7.98. The van der Waals surface area contributed by atoms with E-state index in [1.54, 1.807) is 42.2 Å². The van der Waals surface area contributed by atoms with Crippen molar-refractivity contribution in [3.8, 4) is 11.4 Å². The third-order valence-corrected chi connectivity index (χ3v) is 6.18. The van der Waals surface area contributed by atoms with Crippen molar-refractivity contribution in [1.29, 1.82) is 0 Å². The third kappa shape index (κ3) is 4.57. The molecular formula is C19H25N9OS. The Balaban J connectivity index is 1.62. The van der Waals surface area contributed by atoms with Crippen LogP contribution in [0.2, 0.25) is 0 Å². The van der Waals surface area contributed by atoms with Gasteiger partial charge in [0.1, 0.15) is 5.82 Å². The minimum absolute atomic E-state index is 0.357. The summed E-state index contributed by atoms with van der Waals surface area (Å²) in [5.74, 6) is 5.22. The molecule has 1 aliphatic carbocycles. The standard InChI is InChI=1S/C19H25N9OS/c1-28-18(25-26-27-28)16-12-21-19(24-17(16)22-13-6-4-3-5-7-13)23-14-8-10-15(11-9-14)30(2,20)29/h8-13H,2-7H2,1H3,(H2,20,29)(H2,21,22,23,24). The molecule has 4 N–H and O–H groups in total. The van der Waals surface area contributed by atoms with Crippen molar-refractivity contribution in [3.63, 3.8) is 0 Å². The fraction of sp³-hybridized carbons (Fsp3) is 0.368. The summed E-state index contributed by atoms with van der Waals surface area (Å²) in [7, 11) is -0.957. The van der Waals surface area contributed by atoms with Crippen LogP contribution in [0.4, 0.5) is 17.5 Å². The fourth-order valence-electron chi connectivity index (χ4n) is 3.51. The molecule has 1 unspecified atom stereocenters. The Morgan fingerprint density at radius 3 is 2.57 bits per heavy atom. The van der Waals surface area contributed by atoms with Gasteiger partial charge >= 0.3 is 0 Å². The third-order valence-electron chi connectivity index (χ3n) is 5.11. The summed E-state index contributed by atoms with van der Waals surface area (Å²) in [5.41, 5.74) is 1.49. The highest BCUT2D eigenvalue weighted by atomic mass is 32.2. The Kier molecular flexibility index (Phi) is 5.64. The van der Waals surface area contributed by atoms with E-state index in [1.165, 1.54) is 19.3 Å². The Bertz CT molecular complexity index is 1120. The molecule has 0 bridgehead atoms. The van der Waals surface area contributed by atoms with E-state index in [4.69, 9.17) is 10.1 Å². The van der Waals surface area contributed by atoms with Gasteiger partial charge in [-0.3, -0.25) is 5.14 Å². The van der Waals surface area contributed by atoms with Crippen LogP contribution >= 0.6 is 0 Å². The van der Waals surface area contributed by atoms with Gasteiger partial charge in [-0.25, -0.2) is 13.9 Å². The molecule has 1 saturated carbocycles. The molecule has 158 valence electrons. The van der Waals surface area contributed by atoms with Crippen LogP contribution in [0.25, 0.3) is 11.4 Å². The maximum atomic E-state index is 11.9. The fourth-order valence-corrected chi connectivity index (χ4v) is 4.11. The van der Waals surface area contributed by atoms with E-state index in [9.17, 15) is 4.21 Å². The highest BCUT2D eigenvalue weighted by Crippen LogP contribution is 2.28. The van der Waals surface area contributed by atoms with Gasteiger partial charge in [0.25, 0.3) is 0 Å². The minimum Gasteiger partial charge on any atom is -0.367 e. The first-order chi connectivity index (χ1) is 14.4. The Morgan fingerprint density at radius 1 is 1.20 bits per heavy atom. The summed E-state index contributed by atoms with van der Waals surface area (Å²) < 4.78 is 13.5. The number of nitrogens with one attached hydrogen (secondary N) is 2. The van der Waals surface area contributed by atoms with Crippen LogP contribution in [0.5, 0.6) is 0 Å². The van der Waals surface area contributed by atoms with Gasteiger partial charge in [0.2, 0.25) is 5.95 Å². The van der Waals surface area contributed by atoms with Gasteiger partial charge in [0.15, 0.2) is 5.82 Å². The average Bonchev–Trinajstić information content (AvgIpc) is 3.14. The number of hydrogen-bond donors (Lipinski definition) is 3. The summed E-state index contributed by atoms with van der Waals surface area (Å²) in [6, 6.07) is 7.25. The van der Waals surface area contributed by atoms with Crippen LogP contribution in [-0.4, -0.2) is 46.3 Å². The molecule has 0 aliphatic heterocycles. The lowest BCUT2D eigenvalue weighted by Crippen LogP contribution is -2.23. The molecule has 10 nitrogen and oxygen atoms in total. The average molecular weight is 428 g/mol. The Hall–Kier alpha value is -3.05. The second-order valence-electron chi connectivity index (χ2n) is 7.44. The molecule has 11 heteroatoms. The molecule has 30 heavy (non-hydrogen) atoms. The summed E-state index contributed by atoms with van der Waals surface area (Å²) in [6.45, 7) is 0. The number of tetrazole rings is 1. The van der Waals surface area contributed by atoms with Gasteiger partial charge in [-0.15, -0.1) is 5.10 Å². The molecule has 0 amide bonds. The normalized spacial score (nSPS) is 16.7. The lowest BCUT2D eigenvalue weighted by molar-refractivity contribution is 0.462. The summed E-state index contributed by atoms with van der Waals surface area (Å²) >= 11 is 0. The Morgan fingerprint density at radius 2 is 1.93 bits per heavy atom. The summed E-state index contributed by atoms with van der Waals surface area (Å²) in [5, 5.41) is 24.1. The van der Waals surface area contributed by atoms with E-state index in [1.807, 2.05) is 0 Å². The van der Waals surface area contributed by atoms with Gasteiger partial charge in [-0.05, 0) is 53.4 Å². The van der Waals surface area contributed by atoms with Crippen LogP contribution in [0.15, 0.2) is 35.4 Å². The quantitative estimate of drug-likeness (QED) is 0.509. The van der Waals surface area contributed by atoms with Crippen molar-refractivity contribution >= 4 is 33.0 Å². The number of benzene rings is 1. The van der Waals surface area contributed by atoms with E-state index in [0.717, 1.165) is 24.1 Å². The smallest absolute Gasteiger partial charge is 0.229 e. The number of nitrogens with zero attached hydrogens (tertiary/aromatic N) is 6. The van der Waals surface area contributed by atoms with E-state index in [-0.39, 0.29) is 0 Å². The van der Waals surface area contributed by atoms with Crippen LogP contribution in [0, 0.1) is 0 Å². The maximum Gasteiger partial charge on any atom is 0.229 e. The predicted molar refractivity (Wildman–Crippen MR) is 118 cm³/mol. The molecule has 2 heterocycles. The van der Waals surface area contributed by atoms with Gasteiger partial charge < -0.3 is 10.6 Å². The first-order valence-electron chi connectivity index (χ1n) is 9.78. The molecule has 0 spiro atoms. The first kappa shape index (κ1) is 20.2. The van der Waals surface area contributed by atoms with Crippen LogP contribution in [-0.2, 0) is 16.8 Å². The highest BCUT2D eigenvalue weighted by Gasteiger charge is 2.19. The largest absolute Gasteiger partial charge is 0.367 e. The molecule has 1 aromatic carbocycles. The second kappa shape index (κ2) is 8.36. The van der Waals surface area contributed by atoms with Crippen LogP contribution in [0.1, 0.15) is 32.1 Å². The SMILES string of the molecule is C=S(N)(=O)c1ccc(Nc2ncc(-c3nnnn3C)c(NC3CCCCC3)n2)cc1. The lowest BCUT2D eigenvalue weighted by Gasteiger charge is -2.24. The minimum atomic E-state index is -2.74. The summed E-state index contributed by atoms with van der Waals surface area (Å²) in [6.07, 6.45) is 7.61. The molecule has 1 aliphatic rings. The molecule has 3 aromatic rings. The van der Waals surface area contributed by atoms with Crippen molar-refractivity contribution in [2.24, 2.45) is 12.2 Å². The van der Waals surface area contributed by atoms with Gasteiger partial charge in [0, 0.05) is 29.9 Å². The number of rotatable bonds is 6. The van der Waals surface area contributed by atoms with Crippen molar-refractivity contribution < 1.29 is 4.21 Å². The van der Waals surface area contributed by atoms with Gasteiger partial charge in [-0.1, -0.05) is 19.3 Å². The zero-order valence-corrected chi connectivity index (χ0v) is 17.6. The second-order valence-corrected chi connectivity index (χ2v) is 9.36. The van der Waals surface area contributed by atoms with E-state index >= 15 is 0 Å². The molecule has 2 aromatic heterocycles. The molecule has 4 rings (SSSR count). The van der Waals surface area contributed by atoms with Gasteiger partial charge in [0.05, 0.1) is 15.3 Å². The number of nitrogens with two attached hydrogens (primary N) is 1. The van der Waals surface area contributed by atoms with E-state index < -0.39 is 9.71 Å². The zero-order valence-electron chi connectivity index (χ0n) is 16.8. The molecule has 1 fully saturated rings. The van der Waals surface area contributed by atoms with Crippen molar-refractivity contribution in [2.75, 3.05) is 10.6 Å². The Labute approximate surface area is 175 Å². The van der Waals surface area contributed by atoms with Crippen molar-refractivity contribution in [1.82, 2.24) is 30.2 Å². The molecule has 1 atom stereocenters. The predicted octanol–water partition coefficient (Wildman–Crippen LogP) is 2.10.